The highest BCUT2D eigenvalue weighted by Crippen LogP contribution is 2.33. The van der Waals surface area contributed by atoms with Crippen molar-refractivity contribution in [2.24, 2.45) is 0 Å². The maximum atomic E-state index is 5.53. The van der Waals surface area contributed by atoms with E-state index in [1.165, 1.54) is 29.8 Å². The molecule has 0 radical (unpaired) electrons. The van der Waals surface area contributed by atoms with Crippen LogP contribution in [-0.2, 0) is 6.42 Å². The van der Waals surface area contributed by atoms with Crippen LogP contribution in [0.15, 0.2) is 41.0 Å². The summed E-state index contributed by atoms with van der Waals surface area (Å²) in [5, 5.41) is 3.61. The van der Waals surface area contributed by atoms with Crippen LogP contribution in [0.2, 0.25) is 0 Å². The zero-order chi connectivity index (χ0) is 13.2. The van der Waals surface area contributed by atoms with E-state index >= 15 is 0 Å². The molecular weight excluding hydrogens is 236 g/mol. The number of hydrogen-bond acceptors (Lipinski definition) is 3. The maximum absolute atomic E-state index is 5.53. The summed E-state index contributed by atoms with van der Waals surface area (Å²) in [7, 11) is 4.11. The Morgan fingerprint density at radius 3 is 2.68 bits per heavy atom. The van der Waals surface area contributed by atoms with Gasteiger partial charge in [0.15, 0.2) is 0 Å². The Bertz CT molecular complexity index is 542. The molecule has 3 heteroatoms. The van der Waals surface area contributed by atoms with Gasteiger partial charge in [0.2, 0.25) is 0 Å². The molecule has 0 bridgehead atoms. The third-order valence-corrected chi connectivity index (χ3v) is 3.78. The number of aryl methyl sites for hydroxylation is 1. The molecule has 1 atom stereocenters. The van der Waals surface area contributed by atoms with Gasteiger partial charge in [-0.05, 0) is 43.2 Å². The first-order chi connectivity index (χ1) is 9.24. The van der Waals surface area contributed by atoms with Crippen LogP contribution < -0.4 is 10.2 Å². The van der Waals surface area contributed by atoms with E-state index < -0.39 is 0 Å². The zero-order valence-electron chi connectivity index (χ0n) is 11.5. The van der Waals surface area contributed by atoms with Crippen molar-refractivity contribution in [3.05, 3.63) is 47.9 Å². The van der Waals surface area contributed by atoms with Crippen molar-refractivity contribution in [1.82, 2.24) is 0 Å². The number of hydrogen-bond donors (Lipinski definition) is 1. The number of anilines is 2. The lowest BCUT2D eigenvalue weighted by Gasteiger charge is -2.24. The summed E-state index contributed by atoms with van der Waals surface area (Å²) in [4.78, 5) is 2.11. The van der Waals surface area contributed by atoms with Crippen LogP contribution in [0.4, 0.5) is 11.4 Å². The van der Waals surface area contributed by atoms with Gasteiger partial charge in [-0.15, -0.1) is 0 Å². The second kappa shape index (κ2) is 5.00. The molecule has 0 spiro atoms. The number of fused-ring (bicyclic) bond motifs is 1. The number of benzene rings is 1. The van der Waals surface area contributed by atoms with E-state index in [0.717, 1.165) is 12.2 Å². The lowest BCUT2D eigenvalue weighted by Crippen LogP contribution is -2.16. The van der Waals surface area contributed by atoms with Crippen LogP contribution in [0.5, 0.6) is 0 Å². The number of nitrogens with one attached hydrogen (secondary N) is 1. The van der Waals surface area contributed by atoms with Gasteiger partial charge in [0.1, 0.15) is 5.76 Å². The Balaban J connectivity index is 1.76. The second-order valence-electron chi connectivity index (χ2n) is 5.33. The lowest BCUT2D eigenvalue weighted by atomic mass is 9.93. The highest BCUT2D eigenvalue weighted by Gasteiger charge is 2.22. The van der Waals surface area contributed by atoms with E-state index in [9.17, 15) is 0 Å². The minimum atomic E-state index is 0.382. The number of nitrogens with zero attached hydrogens (tertiary/aromatic N) is 1. The first kappa shape index (κ1) is 12.2. The highest BCUT2D eigenvalue weighted by molar-refractivity contribution is 5.55. The third-order valence-electron chi connectivity index (χ3n) is 3.78. The van der Waals surface area contributed by atoms with E-state index in [0.29, 0.717) is 6.04 Å². The molecule has 1 N–H and O–H groups in total. The van der Waals surface area contributed by atoms with E-state index in [1.807, 2.05) is 0 Å². The van der Waals surface area contributed by atoms with Crippen LogP contribution in [0.1, 0.15) is 30.2 Å². The Kier molecular flexibility index (Phi) is 3.20. The summed E-state index contributed by atoms with van der Waals surface area (Å²) >= 11 is 0. The van der Waals surface area contributed by atoms with Gasteiger partial charge in [0.05, 0.1) is 12.3 Å². The zero-order valence-corrected chi connectivity index (χ0v) is 11.5. The molecule has 1 aliphatic rings. The smallest absolute Gasteiger partial charge is 0.109 e. The molecule has 0 saturated carbocycles. The Labute approximate surface area is 114 Å². The van der Waals surface area contributed by atoms with Gasteiger partial charge < -0.3 is 14.6 Å². The van der Waals surface area contributed by atoms with Crippen molar-refractivity contribution in [2.75, 3.05) is 24.3 Å². The first-order valence-electron chi connectivity index (χ1n) is 6.84. The average Bonchev–Trinajstić information content (AvgIpc) is 2.89. The summed E-state index contributed by atoms with van der Waals surface area (Å²) in [5.74, 6) is 1.15. The molecule has 1 aromatic heterocycles. The molecule has 0 saturated heterocycles. The molecule has 0 amide bonds. The van der Waals surface area contributed by atoms with Crippen molar-refractivity contribution >= 4 is 11.4 Å². The van der Waals surface area contributed by atoms with Crippen molar-refractivity contribution in [3.63, 3.8) is 0 Å². The van der Waals surface area contributed by atoms with E-state index in [-0.39, 0.29) is 0 Å². The van der Waals surface area contributed by atoms with Gasteiger partial charge >= 0.3 is 0 Å². The molecule has 3 rings (SSSR count). The summed E-state index contributed by atoms with van der Waals surface area (Å²) < 4.78 is 5.53. The SMILES string of the molecule is CN(C)c1ccc(NC2CCCc3occc32)cc1. The fraction of sp³-hybridized carbons (Fsp3) is 0.375. The van der Waals surface area contributed by atoms with Gasteiger partial charge in [0, 0.05) is 37.5 Å². The summed E-state index contributed by atoms with van der Waals surface area (Å²) in [5.41, 5.74) is 3.71. The predicted molar refractivity (Wildman–Crippen MR) is 78.8 cm³/mol. The third kappa shape index (κ3) is 2.46. The summed E-state index contributed by atoms with van der Waals surface area (Å²) in [6.07, 6.45) is 5.23. The van der Waals surface area contributed by atoms with Gasteiger partial charge in [-0.1, -0.05) is 0 Å². The quantitative estimate of drug-likeness (QED) is 0.904. The molecule has 19 heavy (non-hydrogen) atoms. The minimum absolute atomic E-state index is 0.382. The van der Waals surface area contributed by atoms with Gasteiger partial charge in [-0.25, -0.2) is 0 Å². The van der Waals surface area contributed by atoms with Crippen LogP contribution in [0.25, 0.3) is 0 Å². The van der Waals surface area contributed by atoms with E-state index in [1.54, 1.807) is 6.26 Å². The van der Waals surface area contributed by atoms with Gasteiger partial charge in [-0.2, -0.15) is 0 Å². The molecule has 2 aromatic rings. The van der Waals surface area contributed by atoms with E-state index in [4.69, 9.17) is 4.42 Å². The molecule has 0 fully saturated rings. The van der Waals surface area contributed by atoms with Crippen molar-refractivity contribution in [2.45, 2.75) is 25.3 Å². The van der Waals surface area contributed by atoms with Gasteiger partial charge in [0.25, 0.3) is 0 Å². The Hall–Kier alpha value is -1.90. The monoisotopic (exact) mass is 256 g/mol. The molecule has 1 heterocycles. The Morgan fingerprint density at radius 2 is 1.95 bits per heavy atom. The van der Waals surface area contributed by atoms with Crippen LogP contribution >= 0.6 is 0 Å². The maximum Gasteiger partial charge on any atom is 0.109 e. The lowest BCUT2D eigenvalue weighted by molar-refractivity contribution is 0.461. The van der Waals surface area contributed by atoms with Crippen LogP contribution in [-0.4, -0.2) is 14.1 Å². The number of rotatable bonds is 3. The molecule has 1 unspecified atom stereocenters. The molecule has 3 nitrogen and oxygen atoms in total. The molecule has 0 aliphatic heterocycles. The molecule has 1 aromatic carbocycles. The summed E-state index contributed by atoms with van der Waals surface area (Å²) in [6.45, 7) is 0. The fourth-order valence-electron chi connectivity index (χ4n) is 2.69. The van der Waals surface area contributed by atoms with Gasteiger partial charge in [-0.3, -0.25) is 0 Å². The average molecular weight is 256 g/mol. The fourth-order valence-corrected chi connectivity index (χ4v) is 2.69. The summed E-state index contributed by atoms with van der Waals surface area (Å²) in [6, 6.07) is 11.0. The Morgan fingerprint density at radius 1 is 1.16 bits per heavy atom. The van der Waals surface area contributed by atoms with E-state index in [2.05, 4.69) is 54.6 Å². The molecule has 100 valence electrons. The standard InChI is InChI=1S/C16H20N2O/c1-18(2)13-8-6-12(7-9-13)17-15-4-3-5-16-14(15)10-11-19-16/h6-11,15,17H,3-5H2,1-2H3. The van der Waals surface area contributed by atoms with Crippen molar-refractivity contribution < 1.29 is 4.42 Å². The van der Waals surface area contributed by atoms with Crippen molar-refractivity contribution in [3.8, 4) is 0 Å². The number of furan rings is 1. The first-order valence-corrected chi connectivity index (χ1v) is 6.84. The normalized spacial score (nSPS) is 17.9. The topological polar surface area (TPSA) is 28.4 Å². The second-order valence-corrected chi connectivity index (χ2v) is 5.33. The minimum Gasteiger partial charge on any atom is -0.469 e. The van der Waals surface area contributed by atoms with Crippen LogP contribution in [0, 0.1) is 0 Å². The predicted octanol–water partition coefficient (Wildman–Crippen LogP) is 3.84. The molecule has 1 aliphatic carbocycles. The largest absolute Gasteiger partial charge is 0.469 e. The van der Waals surface area contributed by atoms with Crippen LogP contribution in [0.3, 0.4) is 0 Å². The van der Waals surface area contributed by atoms with Crippen molar-refractivity contribution in [1.29, 1.82) is 0 Å². The highest BCUT2D eigenvalue weighted by atomic mass is 16.3. The molecular formula is C16H20N2O.